The van der Waals surface area contributed by atoms with Crippen LogP contribution in [-0.2, 0) is 70.3 Å². The summed E-state index contributed by atoms with van der Waals surface area (Å²) in [4.78, 5) is 86.8. The van der Waals surface area contributed by atoms with Crippen molar-refractivity contribution in [1.29, 1.82) is 0 Å². The zero-order valence-electron chi connectivity index (χ0n) is 33.3. The fourth-order valence-corrected chi connectivity index (χ4v) is 6.07. The lowest BCUT2D eigenvalue weighted by molar-refractivity contribution is -0.220. The standard InChI is InChI=1S/C37H55N7O14/c1-22(45)40-33-34(52)35(57-24(3)47)29(21-56-23(2)46)58-37(33)42-31(49)19-27(36(53)39-12-15-55-17-16-54-14-11-32(50)51)41-30(48)10-13-44-26(20-43(5)38-4)18-25-8-6-7-9-28(25)44/h6-9,18,27,29,33-35,37-38,52H,10-17,19-21H2,1-5H3,(H,39,53)(H,40,45)(H,41,48)(H,42,49)(H,50,51)/t27-,29-,33-,34-,35-,37?/m0/s1. The van der Waals surface area contributed by atoms with Crippen LogP contribution in [0.2, 0.25) is 0 Å². The number of hydrogen-bond donors (Lipinski definition) is 7. The number of esters is 2. The number of para-hydroxylation sites is 1. The fraction of sp³-hybridized carbons (Fsp3) is 0.595. The number of nitrogens with one attached hydrogen (secondary N) is 5. The first kappa shape index (κ1) is 47.2. The van der Waals surface area contributed by atoms with Crippen LogP contribution in [0.25, 0.3) is 10.9 Å². The van der Waals surface area contributed by atoms with Gasteiger partial charge in [0.2, 0.25) is 23.6 Å². The smallest absolute Gasteiger partial charge is 0.305 e. The van der Waals surface area contributed by atoms with Gasteiger partial charge >= 0.3 is 17.9 Å². The number of amides is 4. The zero-order valence-corrected chi connectivity index (χ0v) is 33.3. The molecule has 1 aromatic carbocycles. The zero-order chi connectivity index (χ0) is 42.8. The molecule has 58 heavy (non-hydrogen) atoms. The number of aromatic nitrogens is 1. The topological polar surface area (TPSA) is 274 Å². The summed E-state index contributed by atoms with van der Waals surface area (Å²) in [5.74, 6) is -5.22. The Kier molecular flexibility index (Phi) is 19.4. The second kappa shape index (κ2) is 23.9. The molecule has 0 spiro atoms. The van der Waals surface area contributed by atoms with E-state index in [0.29, 0.717) is 6.54 Å². The predicted octanol–water partition coefficient (Wildman–Crippen LogP) is -1.70. The monoisotopic (exact) mass is 821 g/mol. The highest BCUT2D eigenvalue weighted by molar-refractivity contribution is 5.92. The molecule has 21 heteroatoms. The van der Waals surface area contributed by atoms with Crippen LogP contribution in [-0.4, -0.2) is 152 Å². The number of aliphatic carboxylic acids is 1. The first-order chi connectivity index (χ1) is 27.6. The molecule has 0 saturated carbocycles. The maximum absolute atomic E-state index is 13.6. The minimum atomic E-state index is -1.64. The molecule has 1 aliphatic rings. The lowest BCUT2D eigenvalue weighted by atomic mass is 9.95. The normalized spacial score (nSPS) is 19.5. The Bertz CT molecular complexity index is 1720. The number of hydrazine groups is 1. The van der Waals surface area contributed by atoms with Crippen molar-refractivity contribution in [2.75, 3.05) is 53.7 Å². The summed E-state index contributed by atoms with van der Waals surface area (Å²) < 4.78 is 28.8. The van der Waals surface area contributed by atoms with Crippen molar-refractivity contribution in [3.8, 4) is 0 Å². The second-order valence-corrected chi connectivity index (χ2v) is 13.4. The van der Waals surface area contributed by atoms with E-state index in [0.717, 1.165) is 37.4 Å². The predicted molar refractivity (Wildman–Crippen MR) is 203 cm³/mol. The van der Waals surface area contributed by atoms with Crippen LogP contribution in [0.1, 0.15) is 45.7 Å². The number of hydrogen-bond acceptors (Lipinski definition) is 15. The summed E-state index contributed by atoms with van der Waals surface area (Å²) >= 11 is 0. The van der Waals surface area contributed by atoms with Crippen LogP contribution >= 0.6 is 0 Å². The number of carboxylic acid groups (broad SMARTS) is 1. The Labute approximate surface area is 335 Å². The van der Waals surface area contributed by atoms with Crippen LogP contribution in [0.3, 0.4) is 0 Å². The van der Waals surface area contributed by atoms with Crippen LogP contribution in [0.4, 0.5) is 0 Å². The van der Waals surface area contributed by atoms with Gasteiger partial charge in [0.05, 0.1) is 45.8 Å². The van der Waals surface area contributed by atoms with Gasteiger partial charge in [0, 0.05) is 58.5 Å². The van der Waals surface area contributed by atoms with Gasteiger partial charge in [0.1, 0.15) is 30.9 Å². The van der Waals surface area contributed by atoms with Gasteiger partial charge in [-0.3, -0.25) is 39.0 Å². The molecular formula is C37H55N7O14. The van der Waals surface area contributed by atoms with Crippen molar-refractivity contribution in [1.82, 2.24) is 36.3 Å². The highest BCUT2D eigenvalue weighted by Gasteiger charge is 2.48. The van der Waals surface area contributed by atoms with E-state index in [1.807, 2.05) is 47.0 Å². The molecule has 6 atom stereocenters. The van der Waals surface area contributed by atoms with E-state index in [-0.39, 0.29) is 52.4 Å². The number of nitrogens with zero attached hydrogens (tertiary/aromatic N) is 2. The molecule has 7 N–H and O–H groups in total. The number of carbonyl (C=O) groups excluding carboxylic acids is 6. The summed E-state index contributed by atoms with van der Waals surface area (Å²) in [6.45, 7) is 3.95. The van der Waals surface area contributed by atoms with E-state index in [1.54, 1.807) is 7.05 Å². The van der Waals surface area contributed by atoms with Gasteiger partial charge in [-0.15, -0.1) is 0 Å². The third kappa shape index (κ3) is 15.6. The van der Waals surface area contributed by atoms with Crippen LogP contribution < -0.4 is 26.7 Å². The summed E-state index contributed by atoms with van der Waals surface area (Å²) in [6, 6.07) is 6.95. The third-order valence-corrected chi connectivity index (χ3v) is 8.80. The average molecular weight is 822 g/mol. The third-order valence-electron chi connectivity index (χ3n) is 8.80. The molecule has 0 aliphatic carbocycles. The maximum atomic E-state index is 13.6. The van der Waals surface area contributed by atoms with Crippen LogP contribution in [0, 0.1) is 0 Å². The summed E-state index contributed by atoms with van der Waals surface area (Å²) in [7, 11) is 3.66. The van der Waals surface area contributed by atoms with Gasteiger partial charge < -0.3 is 59.7 Å². The second-order valence-electron chi connectivity index (χ2n) is 13.4. The number of aliphatic hydroxyl groups is 1. The van der Waals surface area contributed by atoms with Gasteiger partial charge in [0.15, 0.2) is 12.3 Å². The molecule has 322 valence electrons. The molecule has 21 nitrogen and oxygen atoms in total. The number of aryl methyl sites for hydroxylation is 1. The van der Waals surface area contributed by atoms with Crippen LogP contribution in [0.5, 0.6) is 0 Å². The quantitative estimate of drug-likeness (QED) is 0.0353. The first-order valence-corrected chi connectivity index (χ1v) is 18.7. The highest BCUT2D eigenvalue weighted by Crippen LogP contribution is 2.24. The van der Waals surface area contributed by atoms with Crippen molar-refractivity contribution in [2.45, 2.75) is 89.7 Å². The number of carboxylic acids is 1. The molecule has 1 fully saturated rings. The SMILES string of the molecule is CNN(C)Cc1cc2ccccc2n1CCC(=O)N[C@@H](CC(=O)NC1O[C@@H](COC(C)=O)[C@H](OC(C)=O)[C@@H](O)[C@@H]1NC(C)=O)C(=O)NCCOCCOCCC(=O)O. The van der Waals surface area contributed by atoms with E-state index in [9.17, 15) is 38.7 Å². The number of ether oxygens (including phenoxy) is 5. The molecule has 1 unspecified atom stereocenters. The first-order valence-electron chi connectivity index (χ1n) is 18.7. The Balaban J connectivity index is 1.76. The van der Waals surface area contributed by atoms with Gasteiger partial charge in [-0.2, -0.15) is 0 Å². The lowest BCUT2D eigenvalue weighted by Gasteiger charge is -2.44. The molecule has 2 aromatic rings. The minimum Gasteiger partial charge on any atom is -0.481 e. The number of aliphatic hydroxyl groups excluding tert-OH is 1. The van der Waals surface area contributed by atoms with Crippen LogP contribution in [0.15, 0.2) is 30.3 Å². The van der Waals surface area contributed by atoms with Crippen molar-refractivity contribution in [3.05, 3.63) is 36.0 Å². The molecule has 0 radical (unpaired) electrons. The summed E-state index contributed by atoms with van der Waals surface area (Å²) in [6.07, 6.45) is -6.64. The van der Waals surface area contributed by atoms with E-state index in [2.05, 4.69) is 26.7 Å². The molecule has 4 amide bonds. The van der Waals surface area contributed by atoms with Gasteiger partial charge in [-0.25, -0.2) is 5.01 Å². The number of benzene rings is 1. The van der Waals surface area contributed by atoms with E-state index in [4.69, 9.17) is 28.8 Å². The molecule has 2 heterocycles. The van der Waals surface area contributed by atoms with Crippen molar-refractivity contribution in [3.63, 3.8) is 0 Å². The van der Waals surface area contributed by atoms with E-state index in [1.165, 1.54) is 0 Å². The van der Waals surface area contributed by atoms with E-state index < -0.39 is 91.2 Å². The molecule has 1 aliphatic heterocycles. The molecular weight excluding hydrogens is 766 g/mol. The molecule has 1 saturated heterocycles. The maximum Gasteiger partial charge on any atom is 0.305 e. The largest absolute Gasteiger partial charge is 0.481 e. The molecule has 1 aromatic heterocycles. The Morgan fingerprint density at radius 3 is 2.29 bits per heavy atom. The molecule has 3 rings (SSSR count). The van der Waals surface area contributed by atoms with Crippen molar-refractivity contribution < 1.29 is 67.5 Å². The number of carbonyl (C=O) groups is 7. The van der Waals surface area contributed by atoms with Gasteiger partial charge in [-0.1, -0.05) is 18.2 Å². The Morgan fingerprint density at radius 2 is 1.64 bits per heavy atom. The Hall–Kier alpha value is -5.19. The molecule has 0 bridgehead atoms. The minimum absolute atomic E-state index is 0.0163. The fourth-order valence-electron chi connectivity index (χ4n) is 6.07. The number of rotatable bonds is 24. The average Bonchev–Trinajstić information content (AvgIpc) is 3.50. The summed E-state index contributed by atoms with van der Waals surface area (Å²) in [5, 5.41) is 33.0. The van der Waals surface area contributed by atoms with Gasteiger partial charge in [0.25, 0.3) is 0 Å². The van der Waals surface area contributed by atoms with Gasteiger partial charge in [-0.05, 0) is 24.6 Å². The lowest BCUT2D eigenvalue weighted by Crippen LogP contribution is -2.69. The number of fused-ring (bicyclic) bond motifs is 1. The van der Waals surface area contributed by atoms with E-state index >= 15 is 0 Å². The van der Waals surface area contributed by atoms with Crippen molar-refractivity contribution in [2.24, 2.45) is 0 Å². The van der Waals surface area contributed by atoms with Crippen molar-refractivity contribution >= 4 is 52.4 Å². The highest BCUT2D eigenvalue weighted by atomic mass is 16.6. The summed E-state index contributed by atoms with van der Waals surface area (Å²) in [5.41, 5.74) is 4.89. The Morgan fingerprint density at radius 1 is 0.931 bits per heavy atom.